The van der Waals surface area contributed by atoms with Crippen LogP contribution in [-0.2, 0) is 23.6 Å². The van der Waals surface area contributed by atoms with E-state index in [2.05, 4.69) is 20.2 Å². The Bertz CT molecular complexity index is 1310. The number of halogens is 7. The third-order valence-electron chi connectivity index (χ3n) is 5.72. The van der Waals surface area contributed by atoms with Crippen molar-refractivity contribution in [3.8, 4) is 11.5 Å². The first-order chi connectivity index (χ1) is 16.5. The SMILES string of the molecule is O=C(c1ccnc(C(F)(F)F)c1F)N1C2COCC1c1nnc(-c3cc(C(F)(F)F)ccn3)n1C2. The van der Waals surface area contributed by atoms with Gasteiger partial charge in [-0.25, -0.2) is 9.37 Å². The molecule has 1 fully saturated rings. The number of hydrogen-bond donors (Lipinski definition) is 0. The fourth-order valence-electron chi connectivity index (χ4n) is 4.19. The summed E-state index contributed by atoms with van der Waals surface area (Å²) in [7, 11) is 0. The number of fused-ring (bicyclic) bond motifs is 4. The molecule has 5 heterocycles. The average Bonchev–Trinajstić information content (AvgIpc) is 3.20. The summed E-state index contributed by atoms with van der Waals surface area (Å²) < 4.78 is 100. The van der Waals surface area contributed by atoms with Crippen LogP contribution in [0.1, 0.15) is 33.5 Å². The highest BCUT2D eigenvalue weighted by Crippen LogP contribution is 2.38. The van der Waals surface area contributed by atoms with Crippen molar-refractivity contribution in [3.05, 3.63) is 59.1 Å². The molecule has 35 heavy (non-hydrogen) atoms. The molecule has 0 saturated carbocycles. The summed E-state index contributed by atoms with van der Waals surface area (Å²) in [5.74, 6) is -2.69. The van der Waals surface area contributed by atoms with E-state index in [1.807, 2.05) is 0 Å². The maximum atomic E-state index is 14.6. The minimum atomic E-state index is -5.10. The summed E-state index contributed by atoms with van der Waals surface area (Å²) in [6.07, 6.45) is -8.05. The van der Waals surface area contributed by atoms with Crippen molar-refractivity contribution >= 4 is 5.91 Å². The van der Waals surface area contributed by atoms with Gasteiger partial charge in [0.25, 0.3) is 5.91 Å². The number of hydrogen-bond acceptors (Lipinski definition) is 6. The Morgan fingerprint density at radius 3 is 2.46 bits per heavy atom. The first kappa shape index (κ1) is 23.1. The zero-order chi connectivity index (χ0) is 25.1. The van der Waals surface area contributed by atoms with Gasteiger partial charge < -0.3 is 14.2 Å². The molecule has 2 unspecified atom stereocenters. The molecule has 0 radical (unpaired) electrons. The fraction of sp³-hybridized carbons (Fsp3) is 0.350. The molecule has 0 N–H and O–H groups in total. The molecule has 184 valence electrons. The maximum absolute atomic E-state index is 14.6. The first-order valence-corrected chi connectivity index (χ1v) is 10.1. The monoisotopic (exact) mass is 502 g/mol. The average molecular weight is 502 g/mol. The number of morpholine rings is 1. The Kier molecular flexibility index (Phi) is 5.27. The van der Waals surface area contributed by atoms with Gasteiger partial charge in [-0.1, -0.05) is 0 Å². The predicted octanol–water partition coefficient (Wildman–Crippen LogP) is 3.51. The fourth-order valence-corrected chi connectivity index (χ4v) is 4.19. The van der Waals surface area contributed by atoms with Crippen LogP contribution in [0.2, 0.25) is 0 Å². The van der Waals surface area contributed by atoms with Gasteiger partial charge in [0, 0.05) is 18.9 Å². The molecule has 2 atom stereocenters. The normalized spacial score (nSPS) is 20.0. The number of carbonyl (C=O) groups is 1. The topological polar surface area (TPSA) is 86.0 Å². The second-order valence-corrected chi connectivity index (χ2v) is 7.86. The van der Waals surface area contributed by atoms with Crippen LogP contribution in [0.4, 0.5) is 30.7 Å². The summed E-state index contributed by atoms with van der Waals surface area (Å²) in [6, 6.07) is 0.714. The Labute approximate surface area is 191 Å². The summed E-state index contributed by atoms with van der Waals surface area (Å²) in [4.78, 5) is 21.3. The van der Waals surface area contributed by atoms with Gasteiger partial charge in [-0.05, 0) is 18.2 Å². The van der Waals surface area contributed by atoms with E-state index < -0.39 is 53.0 Å². The lowest BCUT2D eigenvalue weighted by Crippen LogP contribution is -2.56. The van der Waals surface area contributed by atoms with Gasteiger partial charge in [-0.15, -0.1) is 10.2 Å². The molecule has 0 aromatic carbocycles. The Balaban J connectivity index is 1.53. The first-order valence-electron chi connectivity index (χ1n) is 10.1. The maximum Gasteiger partial charge on any atom is 0.436 e. The van der Waals surface area contributed by atoms with Crippen molar-refractivity contribution in [2.75, 3.05) is 13.2 Å². The predicted molar refractivity (Wildman–Crippen MR) is 101 cm³/mol. The number of carbonyl (C=O) groups excluding carboxylic acids is 1. The minimum Gasteiger partial charge on any atom is -0.377 e. The van der Waals surface area contributed by atoms with Crippen molar-refractivity contribution in [3.63, 3.8) is 0 Å². The molecular formula is C20H13F7N6O2. The molecule has 2 aliphatic heterocycles. The van der Waals surface area contributed by atoms with Gasteiger partial charge in [0.05, 0.1) is 30.4 Å². The highest BCUT2D eigenvalue weighted by atomic mass is 19.4. The van der Waals surface area contributed by atoms with Gasteiger partial charge in [0.15, 0.2) is 23.2 Å². The number of nitrogens with zero attached hydrogens (tertiary/aromatic N) is 6. The molecule has 3 aromatic rings. The van der Waals surface area contributed by atoms with E-state index in [0.717, 1.165) is 29.3 Å². The van der Waals surface area contributed by atoms with E-state index in [0.29, 0.717) is 6.20 Å². The molecule has 5 rings (SSSR count). The Hall–Kier alpha value is -3.62. The molecule has 3 aromatic heterocycles. The van der Waals surface area contributed by atoms with Crippen LogP contribution in [0, 0.1) is 5.82 Å². The summed E-state index contributed by atoms with van der Waals surface area (Å²) >= 11 is 0. The quantitative estimate of drug-likeness (QED) is 0.499. The van der Waals surface area contributed by atoms with Gasteiger partial charge >= 0.3 is 12.4 Å². The second kappa shape index (κ2) is 7.96. The van der Waals surface area contributed by atoms with E-state index in [1.165, 1.54) is 4.57 Å². The zero-order valence-electron chi connectivity index (χ0n) is 17.3. The molecule has 8 nitrogen and oxygen atoms in total. The van der Waals surface area contributed by atoms with Crippen molar-refractivity contribution in [2.45, 2.75) is 31.0 Å². The largest absolute Gasteiger partial charge is 0.436 e. The third kappa shape index (κ3) is 3.88. The number of pyridine rings is 2. The standard InChI is InChI=1S/C20H13F7N6O2/c21-14-11(2-4-29-15(14)20(25,26)27)18(34)33-10-6-32-16(30-31-17(32)13(33)8-35-7-10)12-5-9(1-3-28-12)19(22,23)24/h1-5,10,13H,6-8H2. The molecule has 0 spiro atoms. The number of amides is 1. The van der Waals surface area contributed by atoms with Crippen molar-refractivity contribution in [1.82, 2.24) is 29.6 Å². The van der Waals surface area contributed by atoms with E-state index in [1.54, 1.807) is 0 Å². The highest BCUT2D eigenvalue weighted by Gasteiger charge is 2.46. The smallest absolute Gasteiger partial charge is 0.377 e. The number of aromatic nitrogens is 5. The molecule has 1 amide bonds. The van der Waals surface area contributed by atoms with Crippen molar-refractivity contribution < 1.29 is 40.3 Å². The zero-order valence-corrected chi connectivity index (χ0v) is 17.3. The third-order valence-corrected chi connectivity index (χ3v) is 5.72. The Morgan fingerprint density at radius 1 is 1.00 bits per heavy atom. The number of ether oxygens (including phenoxy) is 1. The molecule has 15 heteroatoms. The Morgan fingerprint density at radius 2 is 1.74 bits per heavy atom. The van der Waals surface area contributed by atoms with Gasteiger partial charge in [-0.3, -0.25) is 9.78 Å². The number of rotatable bonds is 2. The lowest BCUT2D eigenvalue weighted by atomic mass is 10.0. The van der Waals surface area contributed by atoms with Crippen LogP contribution in [0.25, 0.3) is 11.5 Å². The van der Waals surface area contributed by atoms with E-state index in [4.69, 9.17) is 4.74 Å². The van der Waals surface area contributed by atoms with Crippen LogP contribution in [0.5, 0.6) is 0 Å². The summed E-state index contributed by atoms with van der Waals surface area (Å²) in [5, 5.41) is 7.92. The van der Waals surface area contributed by atoms with Crippen molar-refractivity contribution in [1.29, 1.82) is 0 Å². The molecule has 0 aliphatic carbocycles. The molecular weight excluding hydrogens is 489 g/mol. The second-order valence-electron chi connectivity index (χ2n) is 7.86. The summed E-state index contributed by atoms with van der Waals surface area (Å²) in [6.45, 7) is -0.236. The van der Waals surface area contributed by atoms with E-state index in [-0.39, 0.29) is 37.1 Å². The highest BCUT2D eigenvalue weighted by molar-refractivity contribution is 5.95. The minimum absolute atomic E-state index is 0.0181. The molecule has 2 aliphatic rings. The van der Waals surface area contributed by atoms with Crippen LogP contribution in [-0.4, -0.2) is 54.8 Å². The lowest BCUT2D eigenvalue weighted by Gasteiger charge is -2.45. The van der Waals surface area contributed by atoms with Gasteiger partial charge in [-0.2, -0.15) is 26.3 Å². The lowest BCUT2D eigenvalue weighted by molar-refractivity contribution is -0.143. The van der Waals surface area contributed by atoms with Gasteiger partial charge in [0.1, 0.15) is 11.7 Å². The van der Waals surface area contributed by atoms with Crippen LogP contribution in [0.15, 0.2) is 30.6 Å². The summed E-state index contributed by atoms with van der Waals surface area (Å²) in [5.41, 5.74) is -3.68. The van der Waals surface area contributed by atoms with Crippen LogP contribution >= 0.6 is 0 Å². The van der Waals surface area contributed by atoms with Crippen molar-refractivity contribution in [2.24, 2.45) is 0 Å². The van der Waals surface area contributed by atoms with E-state index >= 15 is 0 Å². The van der Waals surface area contributed by atoms with Crippen LogP contribution < -0.4 is 0 Å². The molecule has 1 saturated heterocycles. The molecule has 2 bridgehead atoms. The number of alkyl halides is 6. The van der Waals surface area contributed by atoms with E-state index in [9.17, 15) is 35.5 Å². The van der Waals surface area contributed by atoms with Gasteiger partial charge in [0.2, 0.25) is 0 Å². The van der Waals surface area contributed by atoms with Crippen LogP contribution in [0.3, 0.4) is 0 Å².